The van der Waals surface area contributed by atoms with E-state index in [0.29, 0.717) is 6.61 Å². The lowest BCUT2D eigenvalue weighted by atomic mass is 10.1. The Morgan fingerprint density at radius 1 is 1.00 bits per heavy atom. The van der Waals surface area contributed by atoms with Crippen molar-refractivity contribution in [1.82, 2.24) is 4.98 Å². The predicted octanol–water partition coefficient (Wildman–Crippen LogP) is 4.73. The van der Waals surface area contributed by atoms with Crippen LogP contribution in [0, 0.1) is 6.92 Å². The molecule has 1 aromatic heterocycles. The van der Waals surface area contributed by atoms with E-state index >= 15 is 0 Å². The van der Waals surface area contributed by atoms with Crippen molar-refractivity contribution >= 4 is 16.6 Å². The first-order chi connectivity index (χ1) is 12.7. The lowest BCUT2D eigenvalue weighted by Gasteiger charge is -2.20. The summed E-state index contributed by atoms with van der Waals surface area (Å²) in [6.45, 7) is 4.81. The second-order valence-electron chi connectivity index (χ2n) is 6.80. The second kappa shape index (κ2) is 7.24. The molecule has 2 heterocycles. The maximum Gasteiger partial charge on any atom is 0.120 e. The molecule has 1 saturated heterocycles. The number of rotatable bonds is 5. The van der Waals surface area contributed by atoms with Crippen LogP contribution >= 0.6 is 0 Å². The summed E-state index contributed by atoms with van der Waals surface area (Å²) in [6, 6.07) is 16.3. The number of anilines is 1. The fraction of sp³-hybridized carbons (Fsp3) is 0.318. The lowest BCUT2D eigenvalue weighted by Crippen LogP contribution is -2.18. The number of benzene rings is 2. The molecule has 1 aliphatic heterocycles. The van der Waals surface area contributed by atoms with Gasteiger partial charge in [-0.05, 0) is 61.7 Å². The van der Waals surface area contributed by atoms with Crippen LogP contribution in [-0.2, 0) is 6.61 Å². The summed E-state index contributed by atoms with van der Waals surface area (Å²) in [5.41, 5.74) is 4.45. The minimum Gasteiger partial charge on any atom is -0.497 e. The third-order valence-electron chi connectivity index (χ3n) is 4.87. The van der Waals surface area contributed by atoms with Gasteiger partial charge in [0, 0.05) is 29.9 Å². The molecular weight excluding hydrogens is 324 g/mol. The van der Waals surface area contributed by atoms with Crippen molar-refractivity contribution in [3.63, 3.8) is 0 Å². The average molecular weight is 348 g/mol. The highest BCUT2D eigenvalue weighted by atomic mass is 16.5. The van der Waals surface area contributed by atoms with Crippen molar-refractivity contribution < 1.29 is 9.47 Å². The summed E-state index contributed by atoms with van der Waals surface area (Å²) in [4.78, 5) is 7.15. The molecule has 0 atom stereocenters. The van der Waals surface area contributed by atoms with Crippen LogP contribution in [0.15, 0.2) is 48.5 Å². The highest BCUT2D eigenvalue weighted by Crippen LogP contribution is 2.32. The van der Waals surface area contributed by atoms with Crippen LogP contribution in [0.4, 0.5) is 5.69 Å². The van der Waals surface area contributed by atoms with Gasteiger partial charge in [-0.2, -0.15) is 0 Å². The van der Waals surface area contributed by atoms with Gasteiger partial charge in [-0.1, -0.05) is 12.1 Å². The molecule has 0 radical (unpaired) electrons. The number of hydrogen-bond donors (Lipinski definition) is 0. The Kier molecular flexibility index (Phi) is 4.65. The zero-order valence-corrected chi connectivity index (χ0v) is 15.4. The first kappa shape index (κ1) is 16.7. The highest BCUT2D eigenvalue weighted by molar-refractivity contribution is 5.93. The van der Waals surface area contributed by atoms with Gasteiger partial charge in [0.15, 0.2) is 0 Å². The summed E-state index contributed by atoms with van der Waals surface area (Å²) in [6.07, 6.45) is 2.52. The number of hydrogen-bond acceptors (Lipinski definition) is 4. The molecule has 2 aromatic carbocycles. The van der Waals surface area contributed by atoms with Gasteiger partial charge in [0.05, 0.1) is 12.6 Å². The third kappa shape index (κ3) is 3.45. The number of nitrogens with zero attached hydrogens (tertiary/aromatic N) is 2. The Bertz CT molecular complexity index is 917. The van der Waals surface area contributed by atoms with Crippen molar-refractivity contribution in [2.45, 2.75) is 26.4 Å². The average Bonchev–Trinajstić information content (AvgIpc) is 3.20. The fourth-order valence-corrected chi connectivity index (χ4v) is 3.55. The zero-order valence-electron chi connectivity index (χ0n) is 15.4. The molecule has 3 aromatic rings. The van der Waals surface area contributed by atoms with Crippen LogP contribution in [0.2, 0.25) is 0 Å². The van der Waals surface area contributed by atoms with Crippen molar-refractivity contribution in [3.8, 4) is 11.5 Å². The van der Waals surface area contributed by atoms with Crippen LogP contribution in [0.5, 0.6) is 11.5 Å². The Balaban J connectivity index is 1.61. The van der Waals surface area contributed by atoms with Gasteiger partial charge in [0.25, 0.3) is 0 Å². The second-order valence-corrected chi connectivity index (χ2v) is 6.80. The lowest BCUT2D eigenvalue weighted by molar-refractivity contribution is 0.305. The van der Waals surface area contributed by atoms with Gasteiger partial charge >= 0.3 is 0 Å². The summed E-state index contributed by atoms with van der Waals surface area (Å²) in [5, 5.41) is 1.17. The van der Waals surface area contributed by atoms with E-state index < -0.39 is 0 Å². The maximum atomic E-state index is 6.05. The van der Waals surface area contributed by atoms with Crippen molar-refractivity contribution in [1.29, 1.82) is 0 Å². The monoisotopic (exact) mass is 348 g/mol. The first-order valence-corrected chi connectivity index (χ1v) is 9.15. The molecule has 0 N–H and O–H groups in total. The van der Waals surface area contributed by atoms with E-state index in [2.05, 4.69) is 30.0 Å². The summed E-state index contributed by atoms with van der Waals surface area (Å²) >= 11 is 0. The Morgan fingerprint density at radius 2 is 1.85 bits per heavy atom. The molecule has 1 fully saturated rings. The number of pyridine rings is 1. The molecule has 26 heavy (non-hydrogen) atoms. The van der Waals surface area contributed by atoms with Gasteiger partial charge in [-0.15, -0.1) is 0 Å². The molecule has 4 rings (SSSR count). The summed E-state index contributed by atoms with van der Waals surface area (Å²) in [5.74, 6) is 1.71. The Morgan fingerprint density at radius 3 is 2.65 bits per heavy atom. The van der Waals surface area contributed by atoms with Crippen molar-refractivity contribution in [2.75, 3.05) is 25.1 Å². The van der Waals surface area contributed by atoms with E-state index in [4.69, 9.17) is 14.5 Å². The van der Waals surface area contributed by atoms with Crippen molar-refractivity contribution in [2.24, 2.45) is 0 Å². The highest BCUT2D eigenvalue weighted by Gasteiger charge is 2.16. The van der Waals surface area contributed by atoms with E-state index in [1.54, 1.807) is 7.11 Å². The van der Waals surface area contributed by atoms with E-state index in [1.165, 1.54) is 23.9 Å². The molecule has 0 aliphatic carbocycles. The third-order valence-corrected chi connectivity index (χ3v) is 4.87. The number of fused-ring (bicyclic) bond motifs is 1. The van der Waals surface area contributed by atoms with Gasteiger partial charge in [-0.3, -0.25) is 4.98 Å². The van der Waals surface area contributed by atoms with Crippen LogP contribution in [0.3, 0.4) is 0 Å². The molecular formula is C22H24N2O2. The normalized spacial score (nSPS) is 14.0. The van der Waals surface area contributed by atoms with E-state index in [0.717, 1.165) is 41.4 Å². The number of aryl methyl sites for hydroxylation is 1. The first-order valence-electron chi connectivity index (χ1n) is 9.15. The maximum absolute atomic E-state index is 6.05. The van der Waals surface area contributed by atoms with Crippen LogP contribution in [-0.4, -0.2) is 25.2 Å². The fourth-order valence-electron chi connectivity index (χ4n) is 3.55. The molecule has 134 valence electrons. The SMILES string of the molecule is COc1cccc(COc2ccc3nc(C)cc(N4CCCC4)c3c2)c1. The molecule has 0 spiro atoms. The van der Waals surface area contributed by atoms with Crippen LogP contribution in [0.1, 0.15) is 24.1 Å². The molecule has 4 heteroatoms. The number of methoxy groups -OCH3 is 1. The minimum atomic E-state index is 0.515. The number of aromatic nitrogens is 1. The molecule has 0 saturated carbocycles. The standard InChI is InChI=1S/C22H24N2O2/c1-16-12-22(24-10-3-4-11-24)20-14-19(8-9-21(20)23-16)26-15-17-6-5-7-18(13-17)25-2/h5-9,12-14H,3-4,10-11,15H2,1-2H3. The smallest absolute Gasteiger partial charge is 0.120 e. The summed E-state index contributed by atoms with van der Waals surface area (Å²) < 4.78 is 11.3. The van der Waals surface area contributed by atoms with Crippen molar-refractivity contribution in [3.05, 3.63) is 59.8 Å². The number of ether oxygens (including phenoxy) is 2. The molecule has 4 nitrogen and oxygen atoms in total. The Labute approximate surface area is 154 Å². The van der Waals surface area contributed by atoms with Gasteiger partial charge < -0.3 is 14.4 Å². The quantitative estimate of drug-likeness (QED) is 0.667. The minimum absolute atomic E-state index is 0.515. The van der Waals surface area contributed by atoms with E-state index in [1.807, 2.05) is 30.3 Å². The van der Waals surface area contributed by atoms with E-state index in [9.17, 15) is 0 Å². The topological polar surface area (TPSA) is 34.6 Å². The molecule has 0 unspecified atom stereocenters. The van der Waals surface area contributed by atoms with Gasteiger partial charge in [0.2, 0.25) is 0 Å². The zero-order chi connectivity index (χ0) is 17.9. The summed E-state index contributed by atoms with van der Waals surface area (Å²) in [7, 11) is 1.68. The van der Waals surface area contributed by atoms with E-state index in [-0.39, 0.29) is 0 Å². The molecule has 0 bridgehead atoms. The molecule has 0 amide bonds. The van der Waals surface area contributed by atoms with Crippen LogP contribution in [0.25, 0.3) is 10.9 Å². The predicted molar refractivity (Wildman–Crippen MR) is 105 cm³/mol. The van der Waals surface area contributed by atoms with Gasteiger partial charge in [0.1, 0.15) is 18.1 Å². The van der Waals surface area contributed by atoms with Crippen LogP contribution < -0.4 is 14.4 Å². The molecule has 1 aliphatic rings. The largest absolute Gasteiger partial charge is 0.497 e. The van der Waals surface area contributed by atoms with Gasteiger partial charge in [-0.25, -0.2) is 0 Å². The Hall–Kier alpha value is -2.75.